The number of rotatable bonds is 6. The van der Waals surface area contributed by atoms with Gasteiger partial charge in [0.15, 0.2) is 0 Å². The average molecular weight is 369 g/mol. The Hall–Kier alpha value is -1.03. The van der Waals surface area contributed by atoms with Crippen LogP contribution in [-0.2, 0) is 13.0 Å². The molecule has 0 radical (unpaired) electrons. The van der Waals surface area contributed by atoms with Crippen molar-refractivity contribution in [3.63, 3.8) is 0 Å². The Kier molecular flexibility index (Phi) is 6.09. The molecule has 0 saturated carbocycles. The zero-order valence-corrected chi connectivity index (χ0v) is 14.5. The second kappa shape index (κ2) is 7.83. The summed E-state index contributed by atoms with van der Waals surface area (Å²) in [6, 6.07) is 14.5. The van der Waals surface area contributed by atoms with Gasteiger partial charge in [-0.1, -0.05) is 45.7 Å². The molecule has 0 bridgehead atoms. The molecule has 0 spiro atoms. The van der Waals surface area contributed by atoms with Crippen molar-refractivity contribution < 1.29 is 4.74 Å². The molecule has 0 saturated heterocycles. The fourth-order valence-electron chi connectivity index (χ4n) is 2.22. The summed E-state index contributed by atoms with van der Waals surface area (Å²) in [4.78, 5) is 0. The molecule has 2 nitrogen and oxygen atoms in total. The van der Waals surface area contributed by atoms with Gasteiger partial charge in [0, 0.05) is 27.6 Å². The largest absolute Gasteiger partial charge is 0.496 e. The SMILES string of the molecule is COc1cccc(Cl)c1CNC(C)Cc1ccc(Br)cc1. The molecule has 112 valence electrons. The second-order valence-electron chi connectivity index (χ2n) is 5.03. The summed E-state index contributed by atoms with van der Waals surface area (Å²) in [5, 5.41) is 4.24. The van der Waals surface area contributed by atoms with Gasteiger partial charge >= 0.3 is 0 Å². The molecule has 21 heavy (non-hydrogen) atoms. The maximum absolute atomic E-state index is 6.24. The highest BCUT2D eigenvalue weighted by atomic mass is 79.9. The minimum Gasteiger partial charge on any atom is -0.496 e. The number of nitrogens with one attached hydrogen (secondary N) is 1. The topological polar surface area (TPSA) is 21.3 Å². The van der Waals surface area contributed by atoms with E-state index in [1.165, 1.54) is 5.56 Å². The van der Waals surface area contributed by atoms with E-state index in [4.69, 9.17) is 16.3 Å². The molecular weight excluding hydrogens is 350 g/mol. The number of halogens is 2. The van der Waals surface area contributed by atoms with E-state index in [0.717, 1.165) is 27.2 Å². The van der Waals surface area contributed by atoms with Crippen LogP contribution in [0, 0.1) is 0 Å². The van der Waals surface area contributed by atoms with Gasteiger partial charge in [0.2, 0.25) is 0 Å². The van der Waals surface area contributed by atoms with Gasteiger partial charge in [-0.25, -0.2) is 0 Å². The predicted molar refractivity (Wildman–Crippen MR) is 92.2 cm³/mol. The van der Waals surface area contributed by atoms with Crippen molar-refractivity contribution in [2.75, 3.05) is 7.11 Å². The summed E-state index contributed by atoms with van der Waals surface area (Å²) in [7, 11) is 1.67. The van der Waals surface area contributed by atoms with Gasteiger partial charge < -0.3 is 10.1 Å². The van der Waals surface area contributed by atoms with Crippen molar-refractivity contribution in [3.8, 4) is 5.75 Å². The zero-order chi connectivity index (χ0) is 15.2. The Labute approximate surface area is 139 Å². The average Bonchev–Trinajstić information content (AvgIpc) is 2.48. The van der Waals surface area contributed by atoms with Crippen LogP contribution in [0.3, 0.4) is 0 Å². The van der Waals surface area contributed by atoms with Crippen molar-refractivity contribution in [3.05, 3.63) is 63.1 Å². The first-order valence-corrected chi connectivity index (χ1v) is 8.06. The first-order valence-electron chi connectivity index (χ1n) is 6.89. The van der Waals surface area contributed by atoms with Gasteiger partial charge in [-0.3, -0.25) is 0 Å². The lowest BCUT2D eigenvalue weighted by Crippen LogP contribution is -2.27. The van der Waals surface area contributed by atoms with E-state index in [2.05, 4.69) is 52.4 Å². The van der Waals surface area contributed by atoms with E-state index in [-0.39, 0.29) is 0 Å². The van der Waals surface area contributed by atoms with Crippen molar-refractivity contribution >= 4 is 27.5 Å². The quantitative estimate of drug-likeness (QED) is 0.788. The van der Waals surface area contributed by atoms with E-state index in [1.807, 2.05) is 18.2 Å². The van der Waals surface area contributed by atoms with Crippen molar-refractivity contribution in [2.45, 2.75) is 25.9 Å². The van der Waals surface area contributed by atoms with E-state index >= 15 is 0 Å². The van der Waals surface area contributed by atoms with Gasteiger partial charge in [0.25, 0.3) is 0 Å². The molecule has 1 N–H and O–H groups in total. The van der Waals surface area contributed by atoms with Crippen LogP contribution in [-0.4, -0.2) is 13.2 Å². The highest BCUT2D eigenvalue weighted by Gasteiger charge is 2.09. The third-order valence-electron chi connectivity index (χ3n) is 3.38. The summed E-state index contributed by atoms with van der Waals surface area (Å²) in [6.07, 6.45) is 0.972. The van der Waals surface area contributed by atoms with Crippen LogP contribution < -0.4 is 10.1 Å². The van der Waals surface area contributed by atoms with Gasteiger partial charge in [-0.15, -0.1) is 0 Å². The molecule has 0 fully saturated rings. The molecule has 0 aliphatic carbocycles. The third kappa shape index (κ3) is 4.73. The molecule has 0 aromatic heterocycles. The maximum Gasteiger partial charge on any atom is 0.124 e. The Morgan fingerprint density at radius 1 is 1.19 bits per heavy atom. The third-order valence-corrected chi connectivity index (χ3v) is 4.26. The van der Waals surface area contributed by atoms with Crippen LogP contribution in [0.5, 0.6) is 5.75 Å². The lowest BCUT2D eigenvalue weighted by Gasteiger charge is -2.16. The van der Waals surface area contributed by atoms with Gasteiger partial charge in [-0.2, -0.15) is 0 Å². The van der Waals surface area contributed by atoms with Crippen molar-refractivity contribution in [1.29, 1.82) is 0 Å². The smallest absolute Gasteiger partial charge is 0.124 e. The minimum absolute atomic E-state index is 0.354. The number of hydrogen-bond donors (Lipinski definition) is 1. The van der Waals surface area contributed by atoms with Crippen LogP contribution in [0.25, 0.3) is 0 Å². The molecule has 0 aliphatic heterocycles. The molecular formula is C17H19BrClNO. The predicted octanol–water partition coefficient (Wildman–Crippen LogP) is 4.83. The van der Waals surface area contributed by atoms with Crippen LogP contribution in [0.1, 0.15) is 18.1 Å². The number of ether oxygens (including phenoxy) is 1. The van der Waals surface area contributed by atoms with E-state index in [9.17, 15) is 0 Å². The van der Waals surface area contributed by atoms with Crippen LogP contribution >= 0.6 is 27.5 Å². The van der Waals surface area contributed by atoms with Gasteiger partial charge in [0.05, 0.1) is 7.11 Å². The molecule has 0 amide bonds. The zero-order valence-electron chi connectivity index (χ0n) is 12.2. The molecule has 2 aromatic rings. The summed E-state index contributed by atoms with van der Waals surface area (Å²) in [5.74, 6) is 0.825. The summed E-state index contributed by atoms with van der Waals surface area (Å²) >= 11 is 9.70. The van der Waals surface area contributed by atoms with Gasteiger partial charge in [0.1, 0.15) is 5.75 Å². The maximum atomic E-state index is 6.24. The molecule has 1 atom stereocenters. The first-order chi connectivity index (χ1) is 10.1. The second-order valence-corrected chi connectivity index (χ2v) is 6.36. The normalized spacial score (nSPS) is 12.2. The minimum atomic E-state index is 0.354. The summed E-state index contributed by atoms with van der Waals surface area (Å²) in [6.45, 7) is 2.87. The standard InChI is InChI=1S/C17H19BrClNO/c1-12(10-13-6-8-14(18)9-7-13)20-11-15-16(19)4-3-5-17(15)21-2/h3-9,12,20H,10-11H2,1-2H3. The molecule has 0 aliphatic rings. The Bertz CT molecular complexity index is 586. The molecule has 0 heterocycles. The number of hydrogen-bond acceptors (Lipinski definition) is 2. The van der Waals surface area contributed by atoms with Crippen LogP contribution in [0.2, 0.25) is 5.02 Å². The fraction of sp³-hybridized carbons (Fsp3) is 0.294. The summed E-state index contributed by atoms with van der Waals surface area (Å²) in [5.41, 5.74) is 2.31. The lowest BCUT2D eigenvalue weighted by atomic mass is 10.1. The Morgan fingerprint density at radius 2 is 1.90 bits per heavy atom. The van der Waals surface area contributed by atoms with Crippen molar-refractivity contribution in [1.82, 2.24) is 5.32 Å². The van der Waals surface area contributed by atoms with Gasteiger partial charge in [-0.05, 0) is 43.2 Å². The van der Waals surface area contributed by atoms with E-state index in [0.29, 0.717) is 12.6 Å². The Morgan fingerprint density at radius 3 is 2.57 bits per heavy atom. The fourth-order valence-corrected chi connectivity index (χ4v) is 2.72. The van der Waals surface area contributed by atoms with Crippen molar-refractivity contribution in [2.24, 2.45) is 0 Å². The van der Waals surface area contributed by atoms with E-state index < -0.39 is 0 Å². The first kappa shape index (κ1) is 16.3. The summed E-state index contributed by atoms with van der Waals surface area (Å²) < 4.78 is 6.46. The highest BCUT2D eigenvalue weighted by Crippen LogP contribution is 2.26. The van der Waals surface area contributed by atoms with E-state index in [1.54, 1.807) is 7.11 Å². The molecule has 2 rings (SSSR count). The number of benzene rings is 2. The lowest BCUT2D eigenvalue weighted by molar-refractivity contribution is 0.405. The highest BCUT2D eigenvalue weighted by molar-refractivity contribution is 9.10. The Balaban J connectivity index is 1.95. The molecule has 2 aromatic carbocycles. The molecule has 4 heteroatoms. The molecule has 1 unspecified atom stereocenters. The monoisotopic (exact) mass is 367 g/mol. The number of methoxy groups -OCH3 is 1. The van der Waals surface area contributed by atoms with Crippen LogP contribution in [0.15, 0.2) is 46.9 Å². The van der Waals surface area contributed by atoms with Crippen LogP contribution in [0.4, 0.5) is 0 Å².